The van der Waals surface area contributed by atoms with Gasteiger partial charge in [0.25, 0.3) is 5.89 Å². The number of amides is 1. The van der Waals surface area contributed by atoms with Crippen molar-refractivity contribution < 1.29 is 13.9 Å². The quantitative estimate of drug-likeness (QED) is 0.852. The summed E-state index contributed by atoms with van der Waals surface area (Å²) in [4.78, 5) is 21.2. The van der Waals surface area contributed by atoms with E-state index in [4.69, 9.17) is 9.15 Å². The van der Waals surface area contributed by atoms with Gasteiger partial charge >= 0.3 is 5.91 Å². The van der Waals surface area contributed by atoms with Crippen LogP contribution in [0.5, 0.6) is 0 Å². The molecule has 0 N–H and O–H groups in total. The molecule has 1 amide bonds. The Morgan fingerprint density at radius 2 is 2.16 bits per heavy atom. The van der Waals surface area contributed by atoms with Crippen LogP contribution in [0.1, 0.15) is 34.1 Å². The van der Waals surface area contributed by atoms with Gasteiger partial charge in [0, 0.05) is 46.3 Å². The first-order valence-electron chi connectivity index (χ1n) is 8.80. The Bertz CT molecular complexity index is 744. The average Bonchev–Trinajstić information content (AvgIpc) is 3.28. The number of rotatable bonds is 4. The van der Waals surface area contributed by atoms with E-state index in [1.807, 2.05) is 6.07 Å². The van der Waals surface area contributed by atoms with Gasteiger partial charge in [0.15, 0.2) is 0 Å². The molecule has 2 aliphatic rings. The summed E-state index contributed by atoms with van der Waals surface area (Å²) in [6.45, 7) is 3.84. The van der Waals surface area contributed by atoms with Crippen LogP contribution in [0, 0.1) is 0 Å². The molecule has 132 valence electrons. The molecule has 0 radical (unpaired) electrons. The normalized spacial score (nSPS) is 20.7. The number of oxazole rings is 1. The van der Waals surface area contributed by atoms with Crippen molar-refractivity contribution in [1.29, 1.82) is 0 Å². The van der Waals surface area contributed by atoms with Crippen LogP contribution in [-0.2, 0) is 24.2 Å². The number of carbonyl (C=O) groups excluding carboxylic acids is 1. The summed E-state index contributed by atoms with van der Waals surface area (Å²) in [6, 6.07) is 10.4. The maximum absolute atomic E-state index is 12.6. The van der Waals surface area contributed by atoms with Gasteiger partial charge in [-0.25, -0.2) is 4.98 Å². The number of carbonyl (C=O) groups is 1. The highest BCUT2D eigenvalue weighted by Crippen LogP contribution is 2.23. The molecule has 1 saturated heterocycles. The van der Waals surface area contributed by atoms with Crippen molar-refractivity contribution >= 4 is 5.91 Å². The topological polar surface area (TPSA) is 58.8 Å². The fourth-order valence-corrected chi connectivity index (χ4v) is 3.56. The summed E-state index contributed by atoms with van der Waals surface area (Å²) in [6.07, 6.45) is 1.78. The van der Waals surface area contributed by atoms with Crippen molar-refractivity contribution in [2.45, 2.75) is 32.0 Å². The molecular weight excluding hydrogens is 318 g/mol. The number of aromatic nitrogens is 1. The van der Waals surface area contributed by atoms with Crippen molar-refractivity contribution in [2.24, 2.45) is 0 Å². The molecule has 1 aromatic heterocycles. The highest BCUT2D eigenvalue weighted by molar-refractivity contribution is 5.90. The molecule has 1 unspecified atom stereocenters. The van der Waals surface area contributed by atoms with Gasteiger partial charge in [-0.05, 0) is 12.0 Å². The summed E-state index contributed by atoms with van der Waals surface area (Å²) in [5, 5.41) is 0. The predicted molar refractivity (Wildman–Crippen MR) is 92.1 cm³/mol. The van der Waals surface area contributed by atoms with Gasteiger partial charge in [-0.2, -0.15) is 0 Å². The lowest BCUT2D eigenvalue weighted by atomic mass is 10.1. The van der Waals surface area contributed by atoms with E-state index in [0.717, 1.165) is 43.9 Å². The van der Waals surface area contributed by atoms with Gasteiger partial charge in [-0.3, -0.25) is 9.69 Å². The fourth-order valence-electron chi connectivity index (χ4n) is 3.56. The third-order valence-electron chi connectivity index (χ3n) is 5.00. The Hall–Kier alpha value is -2.18. The lowest BCUT2D eigenvalue weighted by Gasteiger charge is -2.24. The van der Waals surface area contributed by atoms with Gasteiger partial charge in [-0.1, -0.05) is 30.3 Å². The first kappa shape index (κ1) is 16.3. The molecular formula is C19H23N3O3. The average molecular weight is 341 g/mol. The molecule has 0 spiro atoms. The van der Waals surface area contributed by atoms with Crippen molar-refractivity contribution in [2.75, 3.05) is 26.7 Å². The van der Waals surface area contributed by atoms with Crippen LogP contribution < -0.4 is 0 Å². The van der Waals surface area contributed by atoms with Crippen molar-refractivity contribution in [3.63, 3.8) is 0 Å². The maximum Gasteiger partial charge on any atom is 0.309 e. The third-order valence-corrected chi connectivity index (χ3v) is 5.00. The van der Waals surface area contributed by atoms with Crippen LogP contribution in [0.3, 0.4) is 0 Å². The van der Waals surface area contributed by atoms with E-state index < -0.39 is 0 Å². The Balaban J connectivity index is 1.43. The van der Waals surface area contributed by atoms with E-state index in [0.29, 0.717) is 13.1 Å². The van der Waals surface area contributed by atoms with Crippen molar-refractivity contribution in [3.05, 3.63) is 53.2 Å². The van der Waals surface area contributed by atoms with Crippen LogP contribution in [0.15, 0.2) is 34.7 Å². The minimum atomic E-state index is -0.122. The number of methoxy groups -OCH3 is 1. The molecule has 1 aromatic carbocycles. The number of ether oxygens (including phenoxy) is 1. The van der Waals surface area contributed by atoms with Crippen LogP contribution >= 0.6 is 0 Å². The summed E-state index contributed by atoms with van der Waals surface area (Å²) in [5.41, 5.74) is 2.18. The van der Waals surface area contributed by atoms with Crippen molar-refractivity contribution in [3.8, 4) is 0 Å². The third kappa shape index (κ3) is 3.45. The lowest BCUT2D eigenvalue weighted by molar-refractivity contribution is 0.0687. The van der Waals surface area contributed by atoms with Gasteiger partial charge in [-0.15, -0.1) is 0 Å². The van der Waals surface area contributed by atoms with E-state index in [2.05, 4.69) is 34.1 Å². The Labute approximate surface area is 147 Å². The molecule has 0 saturated carbocycles. The monoisotopic (exact) mass is 341 g/mol. The zero-order valence-electron chi connectivity index (χ0n) is 14.5. The van der Waals surface area contributed by atoms with Crippen molar-refractivity contribution in [1.82, 2.24) is 14.8 Å². The standard InChI is InChI=1S/C19H23N3O3/c1-24-15-7-10-22(12-15)19(23)18-20-16-13-21(9-8-17(16)25-18)11-14-5-3-2-4-6-14/h2-6,15H,7-13H2,1H3. The van der Waals surface area contributed by atoms with Gasteiger partial charge in [0.2, 0.25) is 0 Å². The molecule has 6 nitrogen and oxygen atoms in total. The smallest absolute Gasteiger partial charge is 0.309 e. The molecule has 25 heavy (non-hydrogen) atoms. The lowest BCUT2D eigenvalue weighted by Crippen LogP contribution is -2.30. The molecule has 4 rings (SSSR count). The second-order valence-corrected chi connectivity index (χ2v) is 6.73. The Morgan fingerprint density at radius 3 is 2.92 bits per heavy atom. The highest BCUT2D eigenvalue weighted by Gasteiger charge is 2.31. The second kappa shape index (κ2) is 6.98. The summed E-state index contributed by atoms with van der Waals surface area (Å²) in [5.74, 6) is 0.960. The molecule has 1 fully saturated rings. The Kier molecular flexibility index (Phi) is 4.55. The SMILES string of the molecule is COC1CCN(C(=O)c2nc3c(o2)CCN(Cc2ccccc2)C3)C1. The first-order chi connectivity index (χ1) is 12.2. The van der Waals surface area contributed by atoms with Crippen LogP contribution in [0.25, 0.3) is 0 Å². The zero-order valence-corrected chi connectivity index (χ0v) is 14.5. The minimum absolute atomic E-state index is 0.120. The van der Waals surface area contributed by atoms with Gasteiger partial charge < -0.3 is 14.1 Å². The van der Waals surface area contributed by atoms with Crippen LogP contribution in [-0.4, -0.2) is 53.5 Å². The number of hydrogen-bond acceptors (Lipinski definition) is 5. The minimum Gasteiger partial charge on any atom is -0.437 e. The number of likely N-dealkylation sites (tertiary alicyclic amines) is 1. The first-order valence-corrected chi connectivity index (χ1v) is 8.80. The highest BCUT2D eigenvalue weighted by atomic mass is 16.5. The molecule has 0 aliphatic carbocycles. The number of fused-ring (bicyclic) bond motifs is 1. The van der Waals surface area contributed by atoms with Crippen LogP contribution in [0.2, 0.25) is 0 Å². The largest absolute Gasteiger partial charge is 0.437 e. The maximum atomic E-state index is 12.6. The second-order valence-electron chi connectivity index (χ2n) is 6.73. The van der Waals surface area contributed by atoms with Gasteiger partial charge in [0.1, 0.15) is 5.76 Å². The van der Waals surface area contributed by atoms with E-state index >= 15 is 0 Å². The number of benzene rings is 1. The van der Waals surface area contributed by atoms with E-state index in [1.165, 1.54) is 5.56 Å². The van der Waals surface area contributed by atoms with Crippen LogP contribution in [0.4, 0.5) is 0 Å². The molecule has 0 bridgehead atoms. The molecule has 2 aromatic rings. The van der Waals surface area contributed by atoms with E-state index in [9.17, 15) is 4.79 Å². The number of nitrogens with zero attached hydrogens (tertiary/aromatic N) is 3. The Morgan fingerprint density at radius 1 is 1.32 bits per heavy atom. The predicted octanol–water partition coefficient (Wildman–Crippen LogP) is 2.09. The summed E-state index contributed by atoms with van der Waals surface area (Å²) < 4.78 is 11.1. The zero-order chi connectivity index (χ0) is 17.2. The summed E-state index contributed by atoms with van der Waals surface area (Å²) >= 11 is 0. The molecule has 1 atom stereocenters. The fraction of sp³-hybridized carbons (Fsp3) is 0.474. The molecule has 2 aliphatic heterocycles. The molecule has 6 heteroatoms. The summed E-state index contributed by atoms with van der Waals surface area (Å²) in [7, 11) is 1.68. The van der Waals surface area contributed by atoms with E-state index in [1.54, 1.807) is 12.0 Å². The van der Waals surface area contributed by atoms with E-state index in [-0.39, 0.29) is 17.9 Å². The molecule has 3 heterocycles. The van der Waals surface area contributed by atoms with Gasteiger partial charge in [0.05, 0.1) is 11.8 Å². The number of hydrogen-bond donors (Lipinski definition) is 0.